The molecule has 0 saturated heterocycles. The standard InChI is InChI=1S/C25H34N4O4S/c1-18(28-34(32,33)24-15-11-21(12-16-24)27-19(2)30)25(31)26-17-20-9-13-23(14-10-20)29(3)22-7-5-4-6-8-22/h9-16,18,22,28H,4-8,17H2,1-3H3,(H,26,31)(H,27,30)/t18-/m0/s1. The number of anilines is 2. The Balaban J connectivity index is 1.51. The van der Waals surface area contributed by atoms with Gasteiger partial charge in [0.1, 0.15) is 0 Å². The first kappa shape index (κ1) is 25.7. The number of amides is 2. The molecule has 1 atom stereocenters. The highest BCUT2D eigenvalue weighted by molar-refractivity contribution is 7.89. The maximum absolute atomic E-state index is 12.6. The zero-order chi connectivity index (χ0) is 24.7. The van der Waals surface area contributed by atoms with Gasteiger partial charge in [-0.3, -0.25) is 9.59 Å². The van der Waals surface area contributed by atoms with Gasteiger partial charge in [-0.1, -0.05) is 31.4 Å². The van der Waals surface area contributed by atoms with E-state index in [0.717, 1.165) is 11.3 Å². The van der Waals surface area contributed by atoms with E-state index in [1.165, 1.54) is 70.2 Å². The Morgan fingerprint density at radius 3 is 2.21 bits per heavy atom. The minimum atomic E-state index is -3.89. The van der Waals surface area contributed by atoms with Crippen LogP contribution in [0.3, 0.4) is 0 Å². The van der Waals surface area contributed by atoms with Crippen LogP contribution in [-0.2, 0) is 26.2 Å². The van der Waals surface area contributed by atoms with Gasteiger partial charge in [0, 0.05) is 37.9 Å². The van der Waals surface area contributed by atoms with Crippen molar-refractivity contribution in [2.75, 3.05) is 17.3 Å². The smallest absolute Gasteiger partial charge is 0.241 e. The van der Waals surface area contributed by atoms with Crippen LogP contribution in [0, 0.1) is 0 Å². The largest absolute Gasteiger partial charge is 0.372 e. The topological polar surface area (TPSA) is 108 Å². The lowest BCUT2D eigenvalue weighted by Gasteiger charge is -2.33. The van der Waals surface area contributed by atoms with E-state index in [2.05, 4.69) is 39.4 Å². The van der Waals surface area contributed by atoms with E-state index in [1.54, 1.807) is 0 Å². The van der Waals surface area contributed by atoms with Crippen molar-refractivity contribution < 1.29 is 18.0 Å². The predicted octanol–water partition coefficient (Wildman–Crippen LogP) is 3.40. The Labute approximate surface area is 202 Å². The summed E-state index contributed by atoms with van der Waals surface area (Å²) >= 11 is 0. The van der Waals surface area contributed by atoms with E-state index in [4.69, 9.17) is 0 Å². The van der Waals surface area contributed by atoms with E-state index in [1.807, 2.05) is 12.1 Å². The van der Waals surface area contributed by atoms with Crippen LogP contribution in [0.2, 0.25) is 0 Å². The fraction of sp³-hybridized carbons (Fsp3) is 0.440. The number of hydrogen-bond acceptors (Lipinski definition) is 5. The molecule has 1 saturated carbocycles. The molecule has 1 aliphatic rings. The molecule has 9 heteroatoms. The van der Waals surface area contributed by atoms with E-state index in [-0.39, 0.29) is 10.8 Å². The number of nitrogens with zero attached hydrogens (tertiary/aromatic N) is 1. The van der Waals surface area contributed by atoms with E-state index in [0.29, 0.717) is 18.3 Å². The maximum atomic E-state index is 12.6. The van der Waals surface area contributed by atoms with Crippen molar-refractivity contribution in [2.24, 2.45) is 0 Å². The summed E-state index contributed by atoms with van der Waals surface area (Å²) in [5, 5.41) is 5.37. The van der Waals surface area contributed by atoms with Gasteiger partial charge < -0.3 is 15.5 Å². The van der Waals surface area contributed by atoms with E-state index < -0.39 is 22.0 Å². The highest BCUT2D eigenvalue weighted by Crippen LogP contribution is 2.26. The first-order valence-corrected chi connectivity index (χ1v) is 13.1. The van der Waals surface area contributed by atoms with Gasteiger partial charge in [-0.15, -0.1) is 0 Å². The zero-order valence-corrected chi connectivity index (χ0v) is 20.8. The Kier molecular flexibility index (Phi) is 8.68. The average molecular weight is 487 g/mol. The molecule has 0 bridgehead atoms. The number of nitrogens with one attached hydrogen (secondary N) is 3. The first-order valence-electron chi connectivity index (χ1n) is 11.6. The fourth-order valence-electron chi connectivity index (χ4n) is 4.15. The van der Waals surface area contributed by atoms with Crippen LogP contribution in [0.1, 0.15) is 51.5 Å². The molecule has 184 valence electrons. The Hall–Kier alpha value is -2.91. The Morgan fingerprint density at radius 1 is 1.00 bits per heavy atom. The molecule has 0 spiro atoms. The summed E-state index contributed by atoms with van der Waals surface area (Å²) in [7, 11) is -1.75. The molecule has 3 rings (SSSR count). The molecule has 0 radical (unpaired) electrons. The number of sulfonamides is 1. The Morgan fingerprint density at radius 2 is 1.62 bits per heavy atom. The second-order valence-electron chi connectivity index (χ2n) is 8.84. The molecule has 34 heavy (non-hydrogen) atoms. The molecule has 2 aromatic carbocycles. The Bertz CT molecular complexity index is 1080. The molecule has 0 heterocycles. The van der Waals surface area contributed by atoms with Crippen LogP contribution in [0.15, 0.2) is 53.4 Å². The number of carbonyl (C=O) groups excluding carboxylic acids is 2. The van der Waals surface area contributed by atoms with Crippen molar-refractivity contribution in [3.63, 3.8) is 0 Å². The highest BCUT2D eigenvalue weighted by Gasteiger charge is 2.22. The predicted molar refractivity (Wildman–Crippen MR) is 134 cm³/mol. The lowest BCUT2D eigenvalue weighted by atomic mass is 9.94. The van der Waals surface area contributed by atoms with Gasteiger partial charge in [-0.2, -0.15) is 4.72 Å². The van der Waals surface area contributed by atoms with Crippen LogP contribution in [0.25, 0.3) is 0 Å². The minimum absolute atomic E-state index is 0.0129. The van der Waals surface area contributed by atoms with Gasteiger partial charge >= 0.3 is 0 Å². The zero-order valence-electron chi connectivity index (χ0n) is 20.0. The summed E-state index contributed by atoms with van der Waals surface area (Å²) in [6, 6.07) is 13.5. The van der Waals surface area contributed by atoms with Crippen LogP contribution < -0.4 is 20.3 Å². The van der Waals surface area contributed by atoms with Crippen LogP contribution in [0.5, 0.6) is 0 Å². The van der Waals surface area contributed by atoms with Gasteiger partial charge in [-0.25, -0.2) is 8.42 Å². The lowest BCUT2D eigenvalue weighted by molar-refractivity contribution is -0.122. The molecule has 1 fully saturated rings. The summed E-state index contributed by atoms with van der Waals surface area (Å²) in [6.45, 7) is 3.18. The molecule has 1 aliphatic carbocycles. The van der Waals surface area contributed by atoms with Crippen molar-refractivity contribution in [1.82, 2.24) is 10.0 Å². The minimum Gasteiger partial charge on any atom is -0.372 e. The normalized spacial score (nSPS) is 15.4. The third-order valence-corrected chi connectivity index (χ3v) is 7.70. The molecule has 2 amide bonds. The van der Waals surface area contributed by atoms with Gasteiger partial charge in [0.2, 0.25) is 21.8 Å². The number of hydrogen-bond donors (Lipinski definition) is 3. The molecular formula is C25H34N4O4S. The van der Waals surface area contributed by atoms with Crippen LogP contribution in [-0.4, -0.2) is 39.4 Å². The first-order chi connectivity index (χ1) is 16.2. The fourth-order valence-corrected chi connectivity index (χ4v) is 5.35. The van der Waals surface area contributed by atoms with E-state index >= 15 is 0 Å². The molecule has 0 aliphatic heterocycles. The van der Waals surface area contributed by atoms with Crippen molar-refractivity contribution >= 4 is 33.2 Å². The SMILES string of the molecule is CC(=O)Nc1ccc(S(=O)(=O)N[C@@H](C)C(=O)NCc2ccc(N(C)C3CCCCC3)cc2)cc1. The molecule has 0 aromatic heterocycles. The van der Waals surface area contributed by atoms with Crippen molar-refractivity contribution in [3.05, 3.63) is 54.1 Å². The monoisotopic (exact) mass is 486 g/mol. The second kappa shape index (κ2) is 11.5. The number of carbonyl (C=O) groups is 2. The number of rotatable bonds is 9. The van der Waals surface area contributed by atoms with Crippen LogP contribution >= 0.6 is 0 Å². The quantitative estimate of drug-likeness (QED) is 0.504. The van der Waals surface area contributed by atoms with Crippen molar-refractivity contribution in [1.29, 1.82) is 0 Å². The van der Waals surface area contributed by atoms with E-state index in [9.17, 15) is 18.0 Å². The molecule has 0 unspecified atom stereocenters. The third kappa shape index (κ3) is 7.04. The van der Waals surface area contributed by atoms with Gasteiger partial charge in [0.05, 0.1) is 10.9 Å². The second-order valence-corrected chi connectivity index (χ2v) is 10.5. The van der Waals surface area contributed by atoms with Crippen molar-refractivity contribution in [3.8, 4) is 0 Å². The van der Waals surface area contributed by atoms with Gasteiger partial charge in [-0.05, 0) is 61.7 Å². The van der Waals surface area contributed by atoms with Crippen LogP contribution in [0.4, 0.5) is 11.4 Å². The molecule has 8 nitrogen and oxygen atoms in total. The molecular weight excluding hydrogens is 452 g/mol. The number of benzene rings is 2. The molecule has 2 aromatic rings. The van der Waals surface area contributed by atoms with Crippen molar-refractivity contribution in [2.45, 2.75) is 69.5 Å². The third-order valence-electron chi connectivity index (χ3n) is 6.14. The summed E-state index contributed by atoms with van der Waals surface area (Å²) in [6.07, 6.45) is 6.33. The van der Waals surface area contributed by atoms with Gasteiger partial charge in [0.15, 0.2) is 0 Å². The highest BCUT2D eigenvalue weighted by atomic mass is 32.2. The summed E-state index contributed by atoms with van der Waals surface area (Å²) < 4.78 is 27.6. The summed E-state index contributed by atoms with van der Waals surface area (Å²) in [5.74, 6) is -0.660. The summed E-state index contributed by atoms with van der Waals surface area (Å²) in [5.41, 5.74) is 2.60. The average Bonchev–Trinajstić information content (AvgIpc) is 2.82. The lowest BCUT2D eigenvalue weighted by Crippen LogP contribution is -2.44. The molecule has 3 N–H and O–H groups in total. The summed E-state index contributed by atoms with van der Waals surface area (Å²) in [4.78, 5) is 25.9. The maximum Gasteiger partial charge on any atom is 0.241 e. The van der Waals surface area contributed by atoms with Gasteiger partial charge in [0.25, 0.3) is 0 Å².